The van der Waals surface area contributed by atoms with Gasteiger partial charge in [0.25, 0.3) is 5.56 Å². The van der Waals surface area contributed by atoms with Crippen LogP contribution in [0.25, 0.3) is 10.9 Å². The Hall–Kier alpha value is -2.41. The number of benzene rings is 1. The van der Waals surface area contributed by atoms with Gasteiger partial charge in [-0.25, -0.2) is 4.79 Å². The lowest BCUT2D eigenvalue weighted by Gasteiger charge is -2.36. The van der Waals surface area contributed by atoms with E-state index >= 15 is 0 Å². The zero-order valence-corrected chi connectivity index (χ0v) is 14.0. The van der Waals surface area contributed by atoms with E-state index in [4.69, 9.17) is 0 Å². The van der Waals surface area contributed by atoms with Crippen LogP contribution in [0.4, 0.5) is 0 Å². The lowest BCUT2D eigenvalue weighted by molar-refractivity contribution is -0.134. The van der Waals surface area contributed by atoms with Gasteiger partial charge in [-0.3, -0.25) is 19.1 Å². The van der Waals surface area contributed by atoms with Crippen LogP contribution < -0.4 is 11.2 Å². The van der Waals surface area contributed by atoms with E-state index in [1.165, 1.54) is 0 Å². The Balaban J connectivity index is 1.79. The molecule has 0 unspecified atom stereocenters. The first-order valence-electron chi connectivity index (χ1n) is 8.21. The van der Waals surface area contributed by atoms with Crippen LogP contribution in [0, 0.1) is 0 Å². The molecular formula is C17H22N4O3. The predicted molar refractivity (Wildman–Crippen MR) is 92.1 cm³/mol. The minimum atomic E-state index is -0.548. The third kappa shape index (κ3) is 3.12. The molecule has 0 saturated carbocycles. The third-order valence-corrected chi connectivity index (χ3v) is 4.58. The molecule has 1 N–H and O–H groups in total. The van der Waals surface area contributed by atoms with Gasteiger partial charge in [0.2, 0.25) is 5.91 Å². The largest absolute Gasteiger partial charge is 0.339 e. The van der Waals surface area contributed by atoms with Crippen LogP contribution in [0.2, 0.25) is 0 Å². The Kier molecular flexibility index (Phi) is 4.53. The van der Waals surface area contributed by atoms with Crippen molar-refractivity contribution in [3.05, 3.63) is 45.1 Å². The van der Waals surface area contributed by atoms with Gasteiger partial charge < -0.3 is 9.88 Å². The number of amides is 1. The fourth-order valence-corrected chi connectivity index (χ4v) is 3.07. The van der Waals surface area contributed by atoms with Gasteiger partial charge in [0, 0.05) is 32.2 Å². The average molecular weight is 330 g/mol. The topological polar surface area (TPSA) is 78.4 Å². The maximum Gasteiger partial charge on any atom is 0.329 e. The maximum atomic E-state index is 12.5. The van der Waals surface area contributed by atoms with Gasteiger partial charge >= 0.3 is 5.69 Å². The average Bonchev–Trinajstić information content (AvgIpc) is 2.58. The molecule has 0 spiro atoms. The van der Waals surface area contributed by atoms with E-state index in [1.54, 1.807) is 29.2 Å². The molecule has 0 atom stereocenters. The van der Waals surface area contributed by atoms with Crippen LogP contribution >= 0.6 is 0 Å². The van der Waals surface area contributed by atoms with Crippen molar-refractivity contribution in [3.63, 3.8) is 0 Å². The van der Waals surface area contributed by atoms with Crippen LogP contribution in [0.15, 0.2) is 33.9 Å². The Morgan fingerprint density at radius 1 is 1.12 bits per heavy atom. The molecule has 7 nitrogen and oxygen atoms in total. The number of rotatable bonds is 3. The van der Waals surface area contributed by atoms with Crippen molar-refractivity contribution in [3.8, 4) is 0 Å². The highest BCUT2D eigenvalue weighted by molar-refractivity contribution is 5.79. The number of para-hydroxylation sites is 1. The normalized spacial score (nSPS) is 16.0. The Bertz CT molecular complexity index is 860. The summed E-state index contributed by atoms with van der Waals surface area (Å²) >= 11 is 0. The summed E-state index contributed by atoms with van der Waals surface area (Å²) in [6, 6.07) is 7.26. The van der Waals surface area contributed by atoms with Crippen LogP contribution in [-0.4, -0.2) is 57.5 Å². The maximum absolute atomic E-state index is 12.5. The number of carbonyl (C=O) groups excluding carboxylic acids is 1. The SMILES string of the molecule is CC(C)N1CCN(C(=O)Cn2c(=O)[nH]c3ccccc3c2=O)CC1. The Morgan fingerprint density at radius 3 is 2.46 bits per heavy atom. The zero-order chi connectivity index (χ0) is 17.3. The number of nitrogens with zero attached hydrogens (tertiary/aromatic N) is 3. The second-order valence-electron chi connectivity index (χ2n) is 6.38. The highest BCUT2D eigenvalue weighted by Gasteiger charge is 2.23. The zero-order valence-electron chi connectivity index (χ0n) is 14.0. The second kappa shape index (κ2) is 6.60. The molecule has 0 bridgehead atoms. The number of H-pyrrole nitrogens is 1. The summed E-state index contributed by atoms with van der Waals surface area (Å²) in [5.41, 5.74) is -0.488. The van der Waals surface area contributed by atoms with Gasteiger partial charge in [-0.15, -0.1) is 0 Å². The summed E-state index contributed by atoms with van der Waals surface area (Å²) in [6.45, 7) is 6.91. The molecule has 1 amide bonds. The summed E-state index contributed by atoms with van der Waals surface area (Å²) in [4.78, 5) is 43.8. The summed E-state index contributed by atoms with van der Waals surface area (Å²) in [5, 5.41) is 0.412. The number of carbonyl (C=O) groups is 1. The molecule has 1 aliphatic heterocycles. The lowest BCUT2D eigenvalue weighted by atomic mass is 10.2. The number of piperazine rings is 1. The van der Waals surface area contributed by atoms with Crippen LogP contribution in [-0.2, 0) is 11.3 Å². The smallest absolute Gasteiger partial charge is 0.329 e. The Morgan fingerprint density at radius 2 is 1.79 bits per heavy atom. The van der Waals surface area contributed by atoms with E-state index in [2.05, 4.69) is 23.7 Å². The number of hydrogen-bond donors (Lipinski definition) is 1. The summed E-state index contributed by atoms with van der Waals surface area (Å²) in [7, 11) is 0. The van der Waals surface area contributed by atoms with E-state index < -0.39 is 11.2 Å². The van der Waals surface area contributed by atoms with Crippen molar-refractivity contribution < 1.29 is 4.79 Å². The molecule has 1 aliphatic rings. The standard InChI is InChI=1S/C17H22N4O3/c1-12(2)19-7-9-20(10-8-19)15(22)11-21-16(23)13-5-3-4-6-14(13)18-17(21)24/h3-6,12H,7-11H2,1-2H3,(H,18,24). The summed E-state index contributed by atoms with van der Waals surface area (Å²) < 4.78 is 0.986. The van der Waals surface area contributed by atoms with Crippen LogP contribution in [0.3, 0.4) is 0 Å². The van der Waals surface area contributed by atoms with Crippen molar-refractivity contribution in [2.24, 2.45) is 0 Å². The fraction of sp³-hybridized carbons (Fsp3) is 0.471. The monoisotopic (exact) mass is 330 g/mol. The molecule has 2 aromatic rings. The summed E-state index contributed by atoms with van der Waals surface area (Å²) in [5.74, 6) is -0.193. The molecule has 1 aromatic carbocycles. The molecule has 1 fully saturated rings. The van der Waals surface area contributed by atoms with Crippen molar-refractivity contribution in [1.82, 2.24) is 19.4 Å². The molecule has 24 heavy (non-hydrogen) atoms. The van der Waals surface area contributed by atoms with Crippen molar-refractivity contribution in [2.45, 2.75) is 26.4 Å². The van der Waals surface area contributed by atoms with Gasteiger partial charge in [0.1, 0.15) is 6.54 Å². The third-order valence-electron chi connectivity index (χ3n) is 4.58. The molecular weight excluding hydrogens is 308 g/mol. The van der Waals surface area contributed by atoms with Crippen molar-refractivity contribution in [1.29, 1.82) is 0 Å². The minimum Gasteiger partial charge on any atom is -0.339 e. The first-order chi connectivity index (χ1) is 11.5. The minimum absolute atomic E-state index is 0.193. The lowest BCUT2D eigenvalue weighted by Crippen LogP contribution is -2.52. The van der Waals surface area contributed by atoms with Gasteiger partial charge in [-0.2, -0.15) is 0 Å². The molecule has 1 aromatic heterocycles. The molecule has 0 radical (unpaired) electrons. The number of fused-ring (bicyclic) bond motifs is 1. The highest BCUT2D eigenvalue weighted by Crippen LogP contribution is 2.07. The van der Waals surface area contributed by atoms with E-state index in [-0.39, 0.29) is 12.5 Å². The number of aromatic amines is 1. The van der Waals surface area contributed by atoms with E-state index in [1.807, 2.05) is 0 Å². The summed E-state index contributed by atoms with van der Waals surface area (Å²) in [6.07, 6.45) is 0. The Labute approximate surface area is 139 Å². The number of hydrogen-bond acceptors (Lipinski definition) is 4. The molecule has 3 rings (SSSR count). The van der Waals surface area contributed by atoms with Gasteiger partial charge in [-0.1, -0.05) is 12.1 Å². The number of aromatic nitrogens is 2. The molecule has 2 heterocycles. The van der Waals surface area contributed by atoms with Crippen molar-refractivity contribution in [2.75, 3.05) is 26.2 Å². The first kappa shape index (κ1) is 16.4. The quantitative estimate of drug-likeness (QED) is 0.875. The van der Waals surface area contributed by atoms with Gasteiger partial charge in [-0.05, 0) is 26.0 Å². The molecule has 7 heteroatoms. The van der Waals surface area contributed by atoms with Crippen molar-refractivity contribution >= 4 is 16.8 Å². The second-order valence-corrected chi connectivity index (χ2v) is 6.38. The number of nitrogens with one attached hydrogen (secondary N) is 1. The first-order valence-corrected chi connectivity index (χ1v) is 8.21. The van der Waals surface area contributed by atoms with Crippen LogP contribution in [0.1, 0.15) is 13.8 Å². The van der Waals surface area contributed by atoms with Gasteiger partial charge in [0.15, 0.2) is 0 Å². The predicted octanol–water partition coefficient (Wildman–Crippen LogP) is 0.242. The van der Waals surface area contributed by atoms with E-state index in [9.17, 15) is 14.4 Å². The van der Waals surface area contributed by atoms with Gasteiger partial charge in [0.05, 0.1) is 10.9 Å². The van der Waals surface area contributed by atoms with Crippen LogP contribution in [0.5, 0.6) is 0 Å². The van der Waals surface area contributed by atoms with E-state index in [0.717, 1.165) is 17.7 Å². The molecule has 0 aliphatic carbocycles. The molecule has 1 saturated heterocycles. The molecule has 128 valence electrons. The fourth-order valence-electron chi connectivity index (χ4n) is 3.07. The highest BCUT2D eigenvalue weighted by atomic mass is 16.2. The van der Waals surface area contributed by atoms with E-state index in [0.29, 0.717) is 30.0 Å².